The summed E-state index contributed by atoms with van der Waals surface area (Å²) >= 11 is 0. The summed E-state index contributed by atoms with van der Waals surface area (Å²) in [6.45, 7) is 0. The van der Waals surface area contributed by atoms with Crippen LogP contribution < -0.4 is 0 Å². The SMILES string of the molecule is c1ccc(C(c2nc3ccccc3o2)c2cccc3ccccc23)cc1. The van der Waals surface area contributed by atoms with E-state index in [2.05, 4.69) is 66.7 Å². The van der Waals surface area contributed by atoms with Gasteiger partial charge in [0.05, 0.1) is 5.92 Å². The summed E-state index contributed by atoms with van der Waals surface area (Å²) < 4.78 is 6.18. The number of para-hydroxylation sites is 2. The van der Waals surface area contributed by atoms with Crippen LogP contribution >= 0.6 is 0 Å². The Bertz CT molecular complexity index is 1150. The summed E-state index contributed by atoms with van der Waals surface area (Å²) in [5.74, 6) is 0.684. The molecule has 4 aromatic carbocycles. The zero-order valence-corrected chi connectivity index (χ0v) is 14.2. The van der Waals surface area contributed by atoms with E-state index in [4.69, 9.17) is 9.40 Å². The van der Waals surface area contributed by atoms with Crippen molar-refractivity contribution in [3.63, 3.8) is 0 Å². The second kappa shape index (κ2) is 6.16. The number of hydrogen-bond acceptors (Lipinski definition) is 2. The molecule has 0 radical (unpaired) electrons. The van der Waals surface area contributed by atoms with Crippen molar-refractivity contribution >= 4 is 21.9 Å². The fourth-order valence-corrected chi connectivity index (χ4v) is 3.62. The maximum absolute atomic E-state index is 6.18. The van der Waals surface area contributed by atoms with E-state index in [1.807, 2.05) is 30.3 Å². The lowest BCUT2D eigenvalue weighted by molar-refractivity contribution is 0.523. The molecular weight excluding hydrogens is 318 g/mol. The third-order valence-corrected chi connectivity index (χ3v) is 4.82. The van der Waals surface area contributed by atoms with Gasteiger partial charge in [0, 0.05) is 0 Å². The van der Waals surface area contributed by atoms with Crippen molar-refractivity contribution in [2.24, 2.45) is 0 Å². The minimum Gasteiger partial charge on any atom is -0.440 e. The maximum Gasteiger partial charge on any atom is 0.207 e. The van der Waals surface area contributed by atoms with Gasteiger partial charge in [-0.25, -0.2) is 4.98 Å². The van der Waals surface area contributed by atoms with E-state index in [0.717, 1.165) is 17.0 Å². The molecule has 0 saturated carbocycles. The van der Waals surface area contributed by atoms with Crippen molar-refractivity contribution in [3.05, 3.63) is 114 Å². The number of nitrogens with zero attached hydrogens (tertiary/aromatic N) is 1. The van der Waals surface area contributed by atoms with Gasteiger partial charge in [-0.3, -0.25) is 0 Å². The second-order valence-electron chi connectivity index (χ2n) is 6.43. The molecular formula is C24H17NO. The molecule has 0 amide bonds. The lowest BCUT2D eigenvalue weighted by atomic mass is 9.88. The van der Waals surface area contributed by atoms with Gasteiger partial charge < -0.3 is 4.42 Å². The molecule has 5 rings (SSSR count). The van der Waals surface area contributed by atoms with Crippen molar-refractivity contribution in [1.29, 1.82) is 0 Å². The lowest BCUT2D eigenvalue weighted by Crippen LogP contribution is -2.04. The topological polar surface area (TPSA) is 26.0 Å². The minimum absolute atomic E-state index is 0.0466. The van der Waals surface area contributed by atoms with Crippen molar-refractivity contribution in [1.82, 2.24) is 4.98 Å². The number of oxazole rings is 1. The average molecular weight is 335 g/mol. The van der Waals surface area contributed by atoms with Crippen molar-refractivity contribution in [3.8, 4) is 0 Å². The van der Waals surface area contributed by atoms with Crippen LogP contribution in [0.25, 0.3) is 21.9 Å². The fraction of sp³-hybridized carbons (Fsp3) is 0.0417. The summed E-state index contributed by atoms with van der Waals surface area (Å²) in [6, 6.07) is 33.3. The number of fused-ring (bicyclic) bond motifs is 2. The van der Waals surface area contributed by atoms with Gasteiger partial charge in [-0.2, -0.15) is 0 Å². The molecule has 0 N–H and O–H groups in total. The first-order valence-corrected chi connectivity index (χ1v) is 8.78. The van der Waals surface area contributed by atoms with Crippen LogP contribution in [0.2, 0.25) is 0 Å². The quantitative estimate of drug-likeness (QED) is 0.394. The molecule has 0 fully saturated rings. The highest BCUT2D eigenvalue weighted by Crippen LogP contribution is 2.36. The van der Waals surface area contributed by atoms with Crippen LogP contribution in [0.1, 0.15) is 22.9 Å². The molecule has 1 aromatic heterocycles. The predicted molar refractivity (Wildman–Crippen MR) is 105 cm³/mol. The molecule has 0 aliphatic rings. The molecule has 0 aliphatic heterocycles. The Hall–Kier alpha value is -3.39. The Balaban J connectivity index is 1.79. The Morgan fingerprint density at radius 1 is 0.654 bits per heavy atom. The maximum atomic E-state index is 6.18. The Morgan fingerprint density at radius 3 is 2.27 bits per heavy atom. The van der Waals surface area contributed by atoms with Crippen molar-refractivity contribution in [2.45, 2.75) is 5.92 Å². The van der Waals surface area contributed by atoms with Crippen LogP contribution in [0, 0.1) is 0 Å². The molecule has 1 unspecified atom stereocenters. The molecule has 1 atom stereocenters. The number of benzene rings is 4. The first-order chi connectivity index (χ1) is 12.9. The normalized spacial score (nSPS) is 12.5. The fourth-order valence-electron chi connectivity index (χ4n) is 3.62. The monoisotopic (exact) mass is 335 g/mol. The van der Waals surface area contributed by atoms with E-state index in [-0.39, 0.29) is 5.92 Å². The molecule has 26 heavy (non-hydrogen) atoms. The molecule has 5 aromatic rings. The van der Waals surface area contributed by atoms with E-state index in [1.165, 1.54) is 21.9 Å². The highest BCUT2D eigenvalue weighted by atomic mass is 16.3. The Morgan fingerprint density at radius 2 is 1.38 bits per heavy atom. The van der Waals surface area contributed by atoms with E-state index < -0.39 is 0 Å². The van der Waals surface area contributed by atoms with Gasteiger partial charge in [-0.1, -0.05) is 84.9 Å². The van der Waals surface area contributed by atoms with Crippen molar-refractivity contribution in [2.75, 3.05) is 0 Å². The minimum atomic E-state index is -0.0466. The van der Waals surface area contributed by atoms with Crippen LogP contribution in [0.5, 0.6) is 0 Å². The van der Waals surface area contributed by atoms with Gasteiger partial charge in [-0.15, -0.1) is 0 Å². The number of rotatable bonds is 3. The van der Waals surface area contributed by atoms with E-state index in [9.17, 15) is 0 Å². The molecule has 0 bridgehead atoms. The first-order valence-electron chi connectivity index (χ1n) is 8.78. The third kappa shape index (κ3) is 2.47. The number of hydrogen-bond donors (Lipinski definition) is 0. The average Bonchev–Trinajstić information content (AvgIpc) is 3.13. The molecule has 0 aliphatic carbocycles. The van der Waals surface area contributed by atoms with Crippen LogP contribution in [0.15, 0.2) is 101 Å². The van der Waals surface area contributed by atoms with Gasteiger partial charge >= 0.3 is 0 Å². The Kier molecular flexibility index (Phi) is 3.53. The van der Waals surface area contributed by atoms with Gasteiger partial charge in [0.2, 0.25) is 5.89 Å². The first kappa shape index (κ1) is 14.9. The highest BCUT2D eigenvalue weighted by molar-refractivity contribution is 5.87. The zero-order chi connectivity index (χ0) is 17.3. The van der Waals surface area contributed by atoms with Gasteiger partial charge in [0.15, 0.2) is 5.58 Å². The van der Waals surface area contributed by atoms with Gasteiger partial charge in [0.25, 0.3) is 0 Å². The molecule has 1 heterocycles. The summed E-state index contributed by atoms with van der Waals surface area (Å²) in [4.78, 5) is 4.81. The lowest BCUT2D eigenvalue weighted by Gasteiger charge is -2.17. The molecule has 0 saturated heterocycles. The van der Waals surface area contributed by atoms with Crippen LogP contribution in [0.4, 0.5) is 0 Å². The molecule has 2 heteroatoms. The van der Waals surface area contributed by atoms with Crippen LogP contribution in [-0.2, 0) is 0 Å². The number of aromatic nitrogens is 1. The van der Waals surface area contributed by atoms with E-state index >= 15 is 0 Å². The summed E-state index contributed by atoms with van der Waals surface area (Å²) in [5, 5.41) is 2.45. The second-order valence-corrected chi connectivity index (χ2v) is 6.43. The highest BCUT2D eigenvalue weighted by Gasteiger charge is 2.24. The summed E-state index contributed by atoms with van der Waals surface area (Å²) in [7, 11) is 0. The summed E-state index contributed by atoms with van der Waals surface area (Å²) in [5.41, 5.74) is 4.10. The van der Waals surface area contributed by atoms with Gasteiger partial charge in [-0.05, 0) is 34.0 Å². The van der Waals surface area contributed by atoms with E-state index in [0.29, 0.717) is 0 Å². The third-order valence-electron chi connectivity index (χ3n) is 4.82. The van der Waals surface area contributed by atoms with Crippen LogP contribution in [-0.4, -0.2) is 4.98 Å². The van der Waals surface area contributed by atoms with Crippen LogP contribution in [0.3, 0.4) is 0 Å². The Labute approximate surface area is 151 Å². The van der Waals surface area contributed by atoms with Gasteiger partial charge in [0.1, 0.15) is 5.52 Å². The van der Waals surface area contributed by atoms with Crippen molar-refractivity contribution < 1.29 is 4.42 Å². The largest absolute Gasteiger partial charge is 0.440 e. The summed E-state index contributed by atoms with van der Waals surface area (Å²) in [6.07, 6.45) is 0. The predicted octanol–water partition coefficient (Wildman–Crippen LogP) is 6.16. The molecule has 0 spiro atoms. The zero-order valence-electron chi connectivity index (χ0n) is 14.2. The smallest absolute Gasteiger partial charge is 0.207 e. The molecule has 124 valence electrons. The van der Waals surface area contributed by atoms with E-state index in [1.54, 1.807) is 0 Å². The molecule has 2 nitrogen and oxygen atoms in total. The standard InChI is InChI=1S/C24H17NO/c1-2-10-18(11-3-1)23(24-25-21-15-6-7-16-22(21)26-24)20-14-8-12-17-9-4-5-13-19(17)20/h1-16,23H.